The third-order valence-electron chi connectivity index (χ3n) is 5.95. The Morgan fingerprint density at radius 2 is 1.97 bits per heavy atom. The summed E-state index contributed by atoms with van der Waals surface area (Å²) in [6.07, 6.45) is -2.77. The summed E-state index contributed by atoms with van der Waals surface area (Å²) in [4.78, 5) is 9.40. The largest absolute Gasteiger partial charge is 0.573 e. The zero-order valence-electron chi connectivity index (χ0n) is 18.1. The maximum atomic E-state index is 12.7. The van der Waals surface area contributed by atoms with Crippen molar-refractivity contribution >= 4 is 5.96 Å². The number of hydrogen-bond acceptors (Lipinski definition) is 3. The van der Waals surface area contributed by atoms with Gasteiger partial charge in [-0.1, -0.05) is 32.0 Å². The molecule has 0 aromatic heterocycles. The minimum atomic E-state index is -4.68. The van der Waals surface area contributed by atoms with E-state index in [1.54, 1.807) is 18.2 Å². The minimum absolute atomic E-state index is 0.000296. The van der Waals surface area contributed by atoms with Gasteiger partial charge in [-0.2, -0.15) is 0 Å². The molecule has 3 atom stereocenters. The van der Waals surface area contributed by atoms with Crippen molar-refractivity contribution < 1.29 is 17.9 Å². The van der Waals surface area contributed by atoms with E-state index in [0.29, 0.717) is 18.0 Å². The number of aliphatic imine (C=N–C) groups is 1. The fourth-order valence-electron chi connectivity index (χ4n) is 4.28. The second kappa shape index (κ2) is 9.90. The van der Waals surface area contributed by atoms with E-state index in [2.05, 4.69) is 38.7 Å². The van der Waals surface area contributed by atoms with Crippen molar-refractivity contribution in [2.45, 2.75) is 51.9 Å². The Morgan fingerprint density at radius 3 is 2.63 bits per heavy atom. The van der Waals surface area contributed by atoms with Crippen molar-refractivity contribution in [1.82, 2.24) is 15.1 Å². The van der Waals surface area contributed by atoms with E-state index < -0.39 is 6.36 Å². The van der Waals surface area contributed by atoms with Crippen molar-refractivity contribution in [3.63, 3.8) is 0 Å². The number of benzene rings is 1. The molecule has 2 fully saturated rings. The van der Waals surface area contributed by atoms with Crippen molar-refractivity contribution in [2.75, 3.05) is 39.3 Å². The van der Waals surface area contributed by atoms with Gasteiger partial charge in [0.2, 0.25) is 0 Å². The Kier molecular flexibility index (Phi) is 7.50. The summed E-state index contributed by atoms with van der Waals surface area (Å²) >= 11 is 0. The maximum Gasteiger partial charge on any atom is 0.573 e. The van der Waals surface area contributed by atoms with Crippen molar-refractivity contribution in [2.24, 2.45) is 10.9 Å². The van der Waals surface area contributed by atoms with E-state index in [1.165, 1.54) is 6.07 Å². The average Bonchev–Trinajstić information content (AvgIpc) is 3.30. The van der Waals surface area contributed by atoms with Crippen LogP contribution in [-0.2, 0) is 0 Å². The molecule has 5 nitrogen and oxygen atoms in total. The number of para-hydroxylation sites is 1. The standard InChI is InChI=1S/C22H33F3N4O/c1-4-26-21(29-12-11-16(15-29)14-28(5-2)6-3)27-19-13-18(19)17-9-7-8-10-20(17)30-22(23,24)25/h7-10,16,18-19H,4-6,11-15H2,1-3H3,(H,26,27). The molecule has 1 aliphatic heterocycles. The lowest BCUT2D eigenvalue weighted by molar-refractivity contribution is -0.274. The van der Waals surface area contributed by atoms with E-state index in [-0.39, 0.29) is 17.7 Å². The quantitative estimate of drug-likeness (QED) is 0.503. The second-order valence-electron chi connectivity index (χ2n) is 8.06. The predicted octanol–water partition coefficient (Wildman–Crippen LogP) is 4.07. The van der Waals surface area contributed by atoms with Crippen molar-refractivity contribution in [3.05, 3.63) is 29.8 Å². The van der Waals surface area contributed by atoms with E-state index in [9.17, 15) is 13.2 Å². The molecule has 168 valence electrons. The van der Waals surface area contributed by atoms with Crippen LogP contribution in [0.1, 0.15) is 45.1 Å². The van der Waals surface area contributed by atoms with Crippen molar-refractivity contribution in [3.8, 4) is 5.75 Å². The lowest BCUT2D eigenvalue weighted by atomic mass is 10.1. The molecule has 1 N–H and O–H groups in total. The van der Waals surface area contributed by atoms with Gasteiger partial charge in [-0.05, 0) is 50.4 Å². The fourth-order valence-corrected chi connectivity index (χ4v) is 4.28. The molecule has 2 aliphatic rings. The highest BCUT2D eigenvalue weighted by Gasteiger charge is 2.43. The lowest BCUT2D eigenvalue weighted by Crippen LogP contribution is -2.42. The van der Waals surface area contributed by atoms with Gasteiger partial charge in [0.05, 0.1) is 0 Å². The highest BCUT2D eigenvalue weighted by atomic mass is 19.4. The van der Waals surface area contributed by atoms with Gasteiger partial charge in [-0.25, -0.2) is 0 Å². The van der Waals surface area contributed by atoms with Gasteiger partial charge in [0.15, 0.2) is 5.96 Å². The highest BCUT2D eigenvalue weighted by molar-refractivity contribution is 5.81. The molecule has 1 aromatic carbocycles. The number of alkyl halides is 3. The van der Waals surface area contributed by atoms with Crippen LogP contribution in [0.4, 0.5) is 13.2 Å². The second-order valence-corrected chi connectivity index (χ2v) is 8.06. The van der Waals surface area contributed by atoms with Gasteiger partial charge in [0.25, 0.3) is 0 Å². The summed E-state index contributed by atoms with van der Waals surface area (Å²) in [5.74, 6) is 1.39. The number of hydrogen-bond donors (Lipinski definition) is 1. The Hall–Kier alpha value is -1.96. The number of halogens is 3. The molecule has 1 heterocycles. The molecule has 1 saturated heterocycles. The van der Waals surface area contributed by atoms with Gasteiger partial charge in [-0.15, -0.1) is 13.2 Å². The monoisotopic (exact) mass is 426 g/mol. The number of nitrogens with zero attached hydrogens (tertiary/aromatic N) is 3. The third kappa shape index (κ3) is 6.03. The summed E-state index contributed by atoms with van der Waals surface area (Å²) in [7, 11) is 0. The van der Waals surface area contributed by atoms with Crippen LogP contribution in [0.15, 0.2) is 29.3 Å². The topological polar surface area (TPSA) is 40.1 Å². The molecule has 1 aromatic rings. The third-order valence-corrected chi connectivity index (χ3v) is 5.95. The van der Waals surface area contributed by atoms with E-state index in [1.807, 2.05) is 6.92 Å². The SMILES string of the molecule is CCN=C(NC1CC1c1ccccc1OC(F)(F)F)N1CCC(CN(CC)CC)C1. The zero-order valence-corrected chi connectivity index (χ0v) is 18.1. The van der Waals surface area contributed by atoms with E-state index >= 15 is 0 Å². The van der Waals surface area contributed by atoms with Gasteiger partial charge in [0.1, 0.15) is 5.75 Å². The number of rotatable bonds is 8. The molecular formula is C22H33F3N4O. The number of guanidine groups is 1. The summed E-state index contributed by atoms with van der Waals surface area (Å²) in [5.41, 5.74) is 0.601. The van der Waals surface area contributed by atoms with Crippen LogP contribution in [0.3, 0.4) is 0 Å². The highest BCUT2D eigenvalue weighted by Crippen LogP contribution is 2.45. The van der Waals surface area contributed by atoms with Crippen LogP contribution >= 0.6 is 0 Å². The van der Waals surface area contributed by atoms with Gasteiger partial charge in [-0.3, -0.25) is 4.99 Å². The molecule has 30 heavy (non-hydrogen) atoms. The first kappa shape index (κ1) is 22.7. The molecule has 0 radical (unpaired) electrons. The Balaban J connectivity index is 1.60. The van der Waals surface area contributed by atoms with Crippen LogP contribution in [-0.4, -0.2) is 67.4 Å². The zero-order chi connectivity index (χ0) is 21.7. The van der Waals surface area contributed by atoms with Gasteiger partial charge >= 0.3 is 6.36 Å². The number of nitrogens with one attached hydrogen (secondary N) is 1. The van der Waals surface area contributed by atoms with E-state index in [4.69, 9.17) is 0 Å². The van der Waals surface area contributed by atoms with Crippen LogP contribution in [0.25, 0.3) is 0 Å². The number of likely N-dealkylation sites (tertiary alicyclic amines) is 1. The molecule has 1 aliphatic carbocycles. The van der Waals surface area contributed by atoms with E-state index in [0.717, 1.165) is 51.5 Å². The normalized spacial score (nSPS) is 24.4. The first-order valence-electron chi connectivity index (χ1n) is 11.0. The maximum absolute atomic E-state index is 12.7. The molecule has 0 amide bonds. The minimum Gasteiger partial charge on any atom is -0.405 e. The Bertz CT molecular complexity index is 721. The molecule has 0 bridgehead atoms. The smallest absolute Gasteiger partial charge is 0.405 e. The Morgan fingerprint density at radius 1 is 1.23 bits per heavy atom. The summed E-state index contributed by atoms with van der Waals surface area (Å²) in [6.45, 7) is 12.2. The predicted molar refractivity (Wildman–Crippen MR) is 113 cm³/mol. The molecular weight excluding hydrogens is 393 g/mol. The first-order chi connectivity index (χ1) is 14.3. The first-order valence-corrected chi connectivity index (χ1v) is 11.0. The summed E-state index contributed by atoms with van der Waals surface area (Å²) in [5, 5.41) is 3.50. The molecule has 8 heteroatoms. The summed E-state index contributed by atoms with van der Waals surface area (Å²) in [6, 6.07) is 6.51. The van der Waals surface area contributed by atoms with Crippen LogP contribution in [0, 0.1) is 5.92 Å². The molecule has 3 rings (SSSR count). The molecule has 3 unspecified atom stereocenters. The van der Waals surface area contributed by atoms with Crippen LogP contribution < -0.4 is 10.1 Å². The van der Waals surface area contributed by atoms with Crippen LogP contribution in [0.2, 0.25) is 0 Å². The average molecular weight is 427 g/mol. The summed E-state index contributed by atoms with van der Waals surface area (Å²) < 4.78 is 42.4. The van der Waals surface area contributed by atoms with Gasteiger partial charge in [0, 0.05) is 38.1 Å². The van der Waals surface area contributed by atoms with Gasteiger partial charge < -0.3 is 19.9 Å². The number of ether oxygens (including phenoxy) is 1. The lowest BCUT2D eigenvalue weighted by Gasteiger charge is -2.25. The molecule has 0 spiro atoms. The van der Waals surface area contributed by atoms with Crippen LogP contribution in [0.5, 0.6) is 5.75 Å². The fraction of sp³-hybridized carbons (Fsp3) is 0.682. The van der Waals surface area contributed by atoms with Crippen molar-refractivity contribution in [1.29, 1.82) is 0 Å². The Labute approximate surface area is 177 Å². The molecule has 1 saturated carbocycles.